The number of hydrazine groups is 1. The number of rotatable bonds is 5. The molecule has 0 aliphatic carbocycles. The van der Waals surface area contributed by atoms with E-state index in [9.17, 15) is 0 Å². The standard InChI is InChI=1S/C13H14BrN3O/c14-12-4-2-1-3-11(12)9-18-8-10-5-6-13(17-15)16-7-10/h1-7H,8-9,15H2,(H,16,17). The molecule has 18 heavy (non-hydrogen) atoms. The fraction of sp³-hybridized carbons (Fsp3) is 0.154. The average Bonchev–Trinajstić information content (AvgIpc) is 2.42. The molecule has 0 saturated carbocycles. The van der Waals surface area contributed by atoms with E-state index in [1.54, 1.807) is 6.20 Å². The van der Waals surface area contributed by atoms with Gasteiger partial charge in [-0.1, -0.05) is 40.2 Å². The average molecular weight is 308 g/mol. The van der Waals surface area contributed by atoms with E-state index in [-0.39, 0.29) is 0 Å². The first-order chi connectivity index (χ1) is 8.79. The lowest BCUT2D eigenvalue weighted by Gasteiger charge is -2.06. The van der Waals surface area contributed by atoms with Crippen molar-refractivity contribution in [3.05, 3.63) is 58.2 Å². The van der Waals surface area contributed by atoms with Gasteiger partial charge in [-0.3, -0.25) is 0 Å². The van der Waals surface area contributed by atoms with Crippen molar-refractivity contribution in [1.82, 2.24) is 4.98 Å². The molecular formula is C13H14BrN3O. The summed E-state index contributed by atoms with van der Waals surface area (Å²) in [5.41, 5.74) is 4.63. The molecule has 1 aromatic heterocycles. The molecule has 0 aliphatic heterocycles. The lowest BCUT2D eigenvalue weighted by molar-refractivity contribution is 0.106. The normalized spacial score (nSPS) is 10.3. The molecule has 3 N–H and O–H groups in total. The van der Waals surface area contributed by atoms with E-state index in [1.807, 2.05) is 36.4 Å². The molecule has 0 unspecified atom stereocenters. The Hall–Kier alpha value is -1.43. The van der Waals surface area contributed by atoms with E-state index >= 15 is 0 Å². The van der Waals surface area contributed by atoms with Crippen LogP contribution in [0.4, 0.5) is 5.82 Å². The Kier molecular flexibility index (Phi) is 4.69. The van der Waals surface area contributed by atoms with Gasteiger partial charge >= 0.3 is 0 Å². The molecule has 0 atom stereocenters. The zero-order chi connectivity index (χ0) is 12.8. The Bertz CT molecular complexity index is 502. The highest BCUT2D eigenvalue weighted by atomic mass is 79.9. The second kappa shape index (κ2) is 6.49. The highest BCUT2D eigenvalue weighted by molar-refractivity contribution is 9.10. The molecule has 1 aromatic carbocycles. The second-order valence-electron chi connectivity index (χ2n) is 3.78. The van der Waals surface area contributed by atoms with E-state index in [2.05, 4.69) is 26.3 Å². The Morgan fingerprint density at radius 3 is 2.67 bits per heavy atom. The smallest absolute Gasteiger partial charge is 0.139 e. The van der Waals surface area contributed by atoms with Gasteiger partial charge in [0, 0.05) is 10.7 Å². The second-order valence-corrected chi connectivity index (χ2v) is 4.63. The largest absolute Gasteiger partial charge is 0.372 e. The molecule has 2 aromatic rings. The van der Waals surface area contributed by atoms with Crippen LogP contribution in [-0.4, -0.2) is 4.98 Å². The maximum atomic E-state index is 5.64. The van der Waals surface area contributed by atoms with Crippen LogP contribution in [0.2, 0.25) is 0 Å². The fourth-order valence-corrected chi connectivity index (χ4v) is 1.89. The molecule has 0 amide bonds. The number of nitrogens with two attached hydrogens (primary N) is 1. The van der Waals surface area contributed by atoms with Crippen LogP contribution in [0.15, 0.2) is 47.1 Å². The molecule has 0 aliphatic rings. The zero-order valence-corrected chi connectivity index (χ0v) is 11.4. The molecule has 94 valence electrons. The summed E-state index contributed by atoms with van der Waals surface area (Å²) in [6, 6.07) is 11.8. The van der Waals surface area contributed by atoms with E-state index in [1.165, 1.54) is 0 Å². The Morgan fingerprint density at radius 1 is 1.17 bits per heavy atom. The number of halogens is 1. The van der Waals surface area contributed by atoms with Crippen LogP contribution in [0.25, 0.3) is 0 Å². The van der Waals surface area contributed by atoms with Crippen LogP contribution in [0.3, 0.4) is 0 Å². The highest BCUT2D eigenvalue weighted by Gasteiger charge is 1.99. The molecule has 0 bridgehead atoms. The number of nitrogens with zero attached hydrogens (tertiary/aromatic N) is 1. The van der Waals surface area contributed by atoms with Gasteiger partial charge in [-0.15, -0.1) is 0 Å². The number of nitrogen functional groups attached to an aromatic ring is 1. The van der Waals surface area contributed by atoms with E-state index in [4.69, 9.17) is 10.6 Å². The Labute approximate surface area is 114 Å². The number of anilines is 1. The summed E-state index contributed by atoms with van der Waals surface area (Å²) in [6.45, 7) is 1.09. The quantitative estimate of drug-likeness (QED) is 0.659. The summed E-state index contributed by atoms with van der Waals surface area (Å²) in [4.78, 5) is 4.12. The van der Waals surface area contributed by atoms with Crippen molar-refractivity contribution in [2.75, 3.05) is 5.43 Å². The molecule has 2 rings (SSSR count). The van der Waals surface area contributed by atoms with Crippen molar-refractivity contribution in [1.29, 1.82) is 0 Å². The predicted molar refractivity (Wildman–Crippen MR) is 74.7 cm³/mol. The minimum absolute atomic E-state index is 0.527. The molecule has 0 fully saturated rings. The topological polar surface area (TPSA) is 60.2 Å². The third kappa shape index (κ3) is 3.53. The lowest BCUT2D eigenvalue weighted by atomic mass is 10.2. The van der Waals surface area contributed by atoms with Crippen molar-refractivity contribution >= 4 is 21.7 Å². The monoisotopic (exact) mass is 307 g/mol. The van der Waals surface area contributed by atoms with Gasteiger partial charge in [0.1, 0.15) is 5.82 Å². The number of benzene rings is 1. The van der Waals surface area contributed by atoms with Crippen LogP contribution in [0.5, 0.6) is 0 Å². The molecule has 0 radical (unpaired) electrons. The molecule has 0 spiro atoms. The predicted octanol–water partition coefficient (Wildman–Crippen LogP) is 2.85. The Morgan fingerprint density at radius 2 is 2.00 bits per heavy atom. The molecule has 4 nitrogen and oxygen atoms in total. The van der Waals surface area contributed by atoms with Gasteiger partial charge in [-0.2, -0.15) is 0 Å². The number of pyridine rings is 1. The van der Waals surface area contributed by atoms with Crippen molar-refractivity contribution < 1.29 is 4.74 Å². The summed E-state index contributed by atoms with van der Waals surface area (Å²) in [5, 5.41) is 0. The van der Waals surface area contributed by atoms with Crippen LogP contribution < -0.4 is 11.3 Å². The molecule has 0 saturated heterocycles. The van der Waals surface area contributed by atoms with Gasteiger partial charge in [0.15, 0.2) is 0 Å². The van der Waals surface area contributed by atoms with Gasteiger partial charge in [-0.05, 0) is 23.3 Å². The molecule has 1 heterocycles. The highest BCUT2D eigenvalue weighted by Crippen LogP contribution is 2.17. The summed E-state index contributed by atoms with van der Waals surface area (Å²) in [6.07, 6.45) is 1.75. The lowest BCUT2D eigenvalue weighted by Crippen LogP contribution is -2.08. The summed E-state index contributed by atoms with van der Waals surface area (Å²) in [5.74, 6) is 5.89. The minimum Gasteiger partial charge on any atom is -0.372 e. The van der Waals surface area contributed by atoms with Gasteiger partial charge < -0.3 is 10.2 Å². The van der Waals surface area contributed by atoms with Crippen molar-refractivity contribution in [2.45, 2.75) is 13.2 Å². The molecular weight excluding hydrogens is 294 g/mol. The fourth-order valence-electron chi connectivity index (χ4n) is 1.49. The minimum atomic E-state index is 0.527. The summed E-state index contributed by atoms with van der Waals surface area (Å²) in [7, 11) is 0. The van der Waals surface area contributed by atoms with Crippen LogP contribution in [-0.2, 0) is 18.0 Å². The maximum Gasteiger partial charge on any atom is 0.139 e. The first-order valence-corrected chi connectivity index (χ1v) is 6.31. The SMILES string of the molecule is NNc1ccc(COCc2ccccc2Br)cn1. The first kappa shape index (κ1) is 13.0. The summed E-state index contributed by atoms with van der Waals surface area (Å²) >= 11 is 3.49. The van der Waals surface area contributed by atoms with E-state index in [0.29, 0.717) is 19.0 Å². The maximum absolute atomic E-state index is 5.64. The number of aromatic nitrogens is 1. The Balaban J connectivity index is 1.86. The van der Waals surface area contributed by atoms with Crippen molar-refractivity contribution in [2.24, 2.45) is 5.84 Å². The van der Waals surface area contributed by atoms with E-state index in [0.717, 1.165) is 15.6 Å². The number of nitrogens with one attached hydrogen (secondary N) is 1. The van der Waals surface area contributed by atoms with Crippen LogP contribution in [0.1, 0.15) is 11.1 Å². The van der Waals surface area contributed by atoms with Gasteiger partial charge in [-0.25, -0.2) is 10.8 Å². The van der Waals surface area contributed by atoms with Crippen LogP contribution >= 0.6 is 15.9 Å². The third-order valence-electron chi connectivity index (χ3n) is 2.46. The first-order valence-electron chi connectivity index (χ1n) is 5.52. The van der Waals surface area contributed by atoms with Crippen molar-refractivity contribution in [3.8, 4) is 0 Å². The number of hydrogen-bond donors (Lipinski definition) is 2. The number of hydrogen-bond acceptors (Lipinski definition) is 4. The van der Waals surface area contributed by atoms with Gasteiger partial charge in [0.2, 0.25) is 0 Å². The third-order valence-corrected chi connectivity index (χ3v) is 3.23. The zero-order valence-electron chi connectivity index (χ0n) is 9.77. The van der Waals surface area contributed by atoms with Crippen molar-refractivity contribution in [3.63, 3.8) is 0 Å². The summed E-state index contributed by atoms with van der Waals surface area (Å²) < 4.78 is 6.70. The van der Waals surface area contributed by atoms with Gasteiger partial charge in [0.05, 0.1) is 13.2 Å². The van der Waals surface area contributed by atoms with E-state index < -0.39 is 0 Å². The van der Waals surface area contributed by atoms with Crippen LogP contribution in [0, 0.1) is 0 Å². The number of ether oxygens (including phenoxy) is 1. The molecule has 5 heteroatoms. The van der Waals surface area contributed by atoms with Gasteiger partial charge in [0.25, 0.3) is 0 Å².